The van der Waals surface area contributed by atoms with Crippen molar-refractivity contribution in [1.82, 2.24) is 5.16 Å². The van der Waals surface area contributed by atoms with Crippen LogP contribution in [0.1, 0.15) is 10.6 Å². The van der Waals surface area contributed by atoms with E-state index in [-0.39, 0.29) is 5.76 Å². The fourth-order valence-corrected chi connectivity index (χ4v) is 1.63. The molecule has 3 rings (SSSR count). The molecule has 0 aliphatic rings. The Bertz CT molecular complexity index is 701. The van der Waals surface area contributed by atoms with Crippen LogP contribution >= 0.6 is 0 Å². The van der Waals surface area contributed by atoms with Gasteiger partial charge in [0.15, 0.2) is 11.6 Å². The lowest BCUT2D eigenvalue weighted by atomic mass is 10.2. The Morgan fingerprint density at radius 2 is 2.17 bits per heavy atom. The molecule has 0 radical (unpaired) electrons. The SMILES string of the molecule is Nc1ccc2oc(C(=O)Nc3ccon3)cc2c1. The zero-order valence-corrected chi connectivity index (χ0v) is 9.21. The number of amides is 1. The van der Waals surface area contributed by atoms with Crippen LogP contribution in [-0.4, -0.2) is 11.1 Å². The molecule has 0 atom stereocenters. The molecule has 2 aromatic heterocycles. The van der Waals surface area contributed by atoms with Gasteiger partial charge in [0.1, 0.15) is 11.8 Å². The highest BCUT2D eigenvalue weighted by Gasteiger charge is 2.13. The molecule has 0 saturated carbocycles. The van der Waals surface area contributed by atoms with Crippen molar-refractivity contribution in [1.29, 1.82) is 0 Å². The van der Waals surface area contributed by atoms with Gasteiger partial charge in [-0.25, -0.2) is 0 Å². The number of anilines is 2. The Balaban J connectivity index is 1.92. The lowest BCUT2D eigenvalue weighted by molar-refractivity contribution is 0.0998. The first-order valence-electron chi connectivity index (χ1n) is 5.23. The number of fused-ring (bicyclic) bond motifs is 1. The molecule has 0 aliphatic carbocycles. The highest BCUT2D eigenvalue weighted by molar-refractivity contribution is 6.04. The van der Waals surface area contributed by atoms with E-state index in [1.807, 2.05) is 0 Å². The summed E-state index contributed by atoms with van der Waals surface area (Å²) < 4.78 is 10.0. The molecule has 0 fully saturated rings. The number of rotatable bonds is 2. The molecule has 1 aromatic carbocycles. The fraction of sp³-hybridized carbons (Fsp3) is 0. The number of nitrogens with zero attached hydrogens (tertiary/aromatic N) is 1. The number of nitrogen functional groups attached to an aromatic ring is 1. The van der Waals surface area contributed by atoms with Gasteiger partial charge in [0.05, 0.1) is 0 Å². The van der Waals surface area contributed by atoms with E-state index in [9.17, 15) is 4.79 Å². The van der Waals surface area contributed by atoms with Gasteiger partial charge in [0, 0.05) is 17.1 Å². The summed E-state index contributed by atoms with van der Waals surface area (Å²) in [5, 5.41) is 6.90. The smallest absolute Gasteiger partial charge is 0.292 e. The molecular formula is C12H9N3O3. The van der Waals surface area contributed by atoms with Crippen molar-refractivity contribution < 1.29 is 13.7 Å². The van der Waals surface area contributed by atoms with Crippen LogP contribution in [0.3, 0.4) is 0 Å². The Kier molecular flexibility index (Phi) is 2.26. The topological polar surface area (TPSA) is 94.3 Å². The third-order valence-corrected chi connectivity index (χ3v) is 2.44. The van der Waals surface area contributed by atoms with E-state index in [2.05, 4.69) is 15.0 Å². The first-order chi connectivity index (χ1) is 8.72. The molecule has 2 heterocycles. The predicted octanol–water partition coefficient (Wildman–Crippen LogP) is 2.26. The molecule has 3 N–H and O–H groups in total. The zero-order valence-electron chi connectivity index (χ0n) is 9.21. The minimum atomic E-state index is -0.390. The third kappa shape index (κ3) is 1.80. The number of nitrogens with two attached hydrogens (primary N) is 1. The molecule has 18 heavy (non-hydrogen) atoms. The first-order valence-corrected chi connectivity index (χ1v) is 5.23. The number of carbonyl (C=O) groups excluding carboxylic acids is 1. The van der Waals surface area contributed by atoms with E-state index < -0.39 is 5.91 Å². The van der Waals surface area contributed by atoms with Gasteiger partial charge in [-0.1, -0.05) is 5.16 Å². The molecule has 3 aromatic rings. The maximum Gasteiger partial charge on any atom is 0.292 e. The number of furan rings is 1. The standard InChI is InChI=1S/C12H9N3O3/c13-8-1-2-9-7(5-8)6-10(18-9)12(16)14-11-3-4-17-15-11/h1-6H,13H2,(H,14,15,16). The van der Waals surface area contributed by atoms with Gasteiger partial charge in [-0.15, -0.1) is 0 Å². The molecular weight excluding hydrogens is 234 g/mol. The van der Waals surface area contributed by atoms with Gasteiger partial charge in [-0.05, 0) is 24.3 Å². The van der Waals surface area contributed by atoms with Crippen LogP contribution in [0.2, 0.25) is 0 Å². The summed E-state index contributed by atoms with van der Waals surface area (Å²) in [4.78, 5) is 11.8. The lowest BCUT2D eigenvalue weighted by Crippen LogP contribution is -2.10. The first kappa shape index (κ1) is 10.4. The largest absolute Gasteiger partial charge is 0.451 e. The summed E-state index contributed by atoms with van der Waals surface area (Å²) >= 11 is 0. The van der Waals surface area contributed by atoms with Crippen LogP contribution in [0, 0.1) is 0 Å². The fourth-order valence-electron chi connectivity index (χ4n) is 1.63. The van der Waals surface area contributed by atoms with Crippen molar-refractivity contribution >= 4 is 28.4 Å². The van der Waals surface area contributed by atoms with E-state index >= 15 is 0 Å². The normalized spacial score (nSPS) is 10.7. The molecule has 0 aliphatic heterocycles. The Labute approximate surface area is 101 Å². The monoisotopic (exact) mass is 243 g/mol. The summed E-state index contributed by atoms with van der Waals surface area (Å²) in [6.45, 7) is 0. The number of aromatic nitrogens is 1. The van der Waals surface area contributed by atoms with Crippen LogP contribution < -0.4 is 11.1 Å². The minimum Gasteiger partial charge on any atom is -0.451 e. The summed E-state index contributed by atoms with van der Waals surface area (Å²) in [6.07, 6.45) is 1.37. The van der Waals surface area contributed by atoms with Gasteiger partial charge >= 0.3 is 0 Å². The summed E-state index contributed by atoms with van der Waals surface area (Å²) in [6, 6.07) is 8.34. The van der Waals surface area contributed by atoms with Crippen molar-refractivity contribution in [2.24, 2.45) is 0 Å². The maximum atomic E-state index is 11.8. The highest BCUT2D eigenvalue weighted by Crippen LogP contribution is 2.22. The molecule has 0 spiro atoms. The summed E-state index contributed by atoms with van der Waals surface area (Å²) in [5.41, 5.74) is 6.88. The summed E-state index contributed by atoms with van der Waals surface area (Å²) in [7, 11) is 0. The molecule has 0 unspecified atom stereocenters. The maximum absolute atomic E-state index is 11.8. The second kappa shape index (κ2) is 3.92. The molecule has 1 amide bonds. The highest BCUT2D eigenvalue weighted by atomic mass is 16.5. The average Bonchev–Trinajstić information content (AvgIpc) is 2.96. The molecule has 90 valence electrons. The van der Waals surface area contributed by atoms with Crippen molar-refractivity contribution in [2.45, 2.75) is 0 Å². The number of hydrogen-bond donors (Lipinski definition) is 2. The van der Waals surface area contributed by atoms with Crippen molar-refractivity contribution in [3.05, 3.63) is 42.4 Å². The van der Waals surface area contributed by atoms with E-state index in [0.717, 1.165) is 5.39 Å². The van der Waals surface area contributed by atoms with Gasteiger partial charge in [0.25, 0.3) is 5.91 Å². The average molecular weight is 243 g/mol. The van der Waals surface area contributed by atoms with Gasteiger partial charge in [-0.3, -0.25) is 4.79 Å². The van der Waals surface area contributed by atoms with Gasteiger partial charge in [-0.2, -0.15) is 0 Å². The van der Waals surface area contributed by atoms with E-state index in [1.54, 1.807) is 30.3 Å². The Hall–Kier alpha value is -2.76. The number of hydrogen-bond acceptors (Lipinski definition) is 5. The second-order valence-electron chi connectivity index (χ2n) is 3.75. The van der Waals surface area contributed by atoms with Crippen molar-refractivity contribution in [3.63, 3.8) is 0 Å². The quantitative estimate of drug-likeness (QED) is 0.673. The second-order valence-corrected chi connectivity index (χ2v) is 3.75. The van der Waals surface area contributed by atoms with Crippen LogP contribution in [0.5, 0.6) is 0 Å². The number of nitrogens with one attached hydrogen (secondary N) is 1. The zero-order chi connectivity index (χ0) is 12.5. The third-order valence-electron chi connectivity index (χ3n) is 2.44. The van der Waals surface area contributed by atoms with Crippen LogP contribution in [0.4, 0.5) is 11.5 Å². The molecule has 6 nitrogen and oxygen atoms in total. The number of carbonyl (C=O) groups is 1. The van der Waals surface area contributed by atoms with Crippen LogP contribution in [-0.2, 0) is 0 Å². The van der Waals surface area contributed by atoms with Crippen molar-refractivity contribution in [2.75, 3.05) is 11.1 Å². The predicted molar refractivity (Wildman–Crippen MR) is 65.1 cm³/mol. The van der Waals surface area contributed by atoms with Crippen LogP contribution in [0.25, 0.3) is 11.0 Å². The van der Waals surface area contributed by atoms with E-state index in [4.69, 9.17) is 10.2 Å². The van der Waals surface area contributed by atoms with Gasteiger partial charge in [0.2, 0.25) is 0 Å². The number of benzene rings is 1. The molecule has 0 bridgehead atoms. The van der Waals surface area contributed by atoms with Crippen LogP contribution in [0.15, 0.2) is 45.5 Å². The van der Waals surface area contributed by atoms with E-state index in [1.165, 1.54) is 6.26 Å². The minimum absolute atomic E-state index is 0.193. The lowest BCUT2D eigenvalue weighted by Gasteiger charge is -1.95. The van der Waals surface area contributed by atoms with E-state index in [0.29, 0.717) is 17.1 Å². The van der Waals surface area contributed by atoms with Crippen molar-refractivity contribution in [3.8, 4) is 0 Å². The Morgan fingerprint density at radius 3 is 2.94 bits per heavy atom. The molecule has 6 heteroatoms. The molecule has 0 saturated heterocycles. The Morgan fingerprint density at radius 1 is 1.28 bits per heavy atom. The summed E-state index contributed by atoms with van der Waals surface area (Å²) in [5.74, 6) is 0.136. The van der Waals surface area contributed by atoms with Gasteiger partial charge < -0.3 is 20.0 Å².